The molecule has 6 nitrogen and oxygen atoms in total. The Bertz CT molecular complexity index is 789. The van der Waals surface area contributed by atoms with Crippen LogP contribution in [0.2, 0.25) is 5.02 Å². The number of carbonyl (C=O) groups is 1. The van der Waals surface area contributed by atoms with E-state index >= 15 is 0 Å². The van der Waals surface area contributed by atoms with Gasteiger partial charge in [-0.3, -0.25) is 0 Å². The quantitative estimate of drug-likeness (QED) is 0.688. The van der Waals surface area contributed by atoms with Crippen LogP contribution in [0.1, 0.15) is 16.4 Å². The molecule has 0 aliphatic rings. The van der Waals surface area contributed by atoms with Crippen LogP contribution >= 0.6 is 11.6 Å². The lowest BCUT2D eigenvalue weighted by Crippen LogP contribution is -2.07. The number of nitrogens with zero attached hydrogens (tertiary/aromatic N) is 3. The maximum Gasteiger partial charge on any atom is 0.357 e. The first-order valence-corrected chi connectivity index (χ1v) is 6.77. The Hall–Kier alpha value is -2.73. The minimum absolute atomic E-state index is 0.122. The molecular formula is C15H10ClN3O3. The first kappa shape index (κ1) is 14.2. The van der Waals surface area contributed by atoms with Crippen molar-refractivity contribution in [2.45, 2.75) is 6.61 Å². The minimum atomic E-state index is -0.553. The molecule has 0 saturated heterocycles. The van der Waals surface area contributed by atoms with Crippen LogP contribution in [0, 0.1) is 0 Å². The van der Waals surface area contributed by atoms with Crippen molar-refractivity contribution in [3.8, 4) is 11.4 Å². The first-order chi connectivity index (χ1) is 10.7. The average Bonchev–Trinajstić information content (AvgIpc) is 3.02. The first-order valence-electron chi connectivity index (χ1n) is 6.39. The molecule has 110 valence electrons. The van der Waals surface area contributed by atoms with Crippen molar-refractivity contribution in [3.63, 3.8) is 0 Å². The van der Waals surface area contributed by atoms with Gasteiger partial charge >= 0.3 is 5.97 Å². The Labute approximate surface area is 130 Å². The van der Waals surface area contributed by atoms with Crippen molar-refractivity contribution in [3.05, 3.63) is 65.3 Å². The van der Waals surface area contributed by atoms with Gasteiger partial charge in [-0.15, -0.1) is 0 Å². The number of ether oxygens (including phenoxy) is 1. The zero-order valence-corrected chi connectivity index (χ0v) is 12.0. The van der Waals surface area contributed by atoms with E-state index in [2.05, 4.69) is 15.1 Å². The van der Waals surface area contributed by atoms with Gasteiger partial charge in [-0.2, -0.15) is 4.98 Å². The van der Waals surface area contributed by atoms with Crippen LogP contribution in [0.4, 0.5) is 0 Å². The number of hydrogen-bond donors (Lipinski definition) is 0. The Kier molecular flexibility index (Phi) is 4.11. The summed E-state index contributed by atoms with van der Waals surface area (Å²) in [5, 5.41) is 4.40. The van der Waals surface area contributed by atoms with Crippen LogP contribution in [0.25, 0.3) is 11.4 Å². The van der Waals surface area contributed by atoms with E-state index in [-0.39, 0.29) is 18.2 Å². The molecule has 0 N–H and O–H groups in total. The summed E-state index contributed by atoms with van der Waals surface area (Å²) >= 11 is 5.91. The van der Waals surface area contributed by atoms with Crippen molar-refractivity contribution < 1.29 is 14.1 Å². The van der Waals surface area contributed by atoms with Crippen molar-refractivity contribution >= 4 is 17.6 Å². The maximum absolute atomic E-state index is 11.7. The molecule has 0 radical (unpaired) electrons. The summed E-state index contributed by atoms with van der Waals surface area (Å²) in [7, 11) is 0. The second-order valence-corrected chi connectivity index (χ2v) is 4.75. The van der Waals surface area contributed by atoms with E-state index in [1.54, 1.807) is 42.5 Å². The monoisotopic (exact) mass is 315 g/mol. The largest absolute Gasteiger partial charge is 0.451 e. The van der Waals surface area contributed by atoms with E-state index < -0.39 is 5.97 Å². The van der Waals surface area contributed by atoms with Crippen LogP contribution in [0.5, 0.6) is 0 Å². The summed E-state index contributed by atoms with van der Waals surface area (Å²) in [6.45, 7) is -0.122. The number of carbonyl (C=O) groups excluding carboxylic acids is 1. The van der Waals surface area contributed by atoms with Crippen LogP contribution in [0.3, 0.4) is 0 Å². The lowest BCUT2D eigenvalue weighted by molar-refractivity contribution is 0.0423. The molecule has 0 saturated carbocycles. The summed E-state index contributed by atoms with van der Waals surface area (Å²) in [5.41, 5.74) is 0.940. The molecule has 0 fully saturated rings. The fraction of sp³-hybridized carbons (Fsp3) is 0.0667. The fourth-order valence-corrected chi connectivity index (χ4v) is 1.93. The van der Waals surface area contributed by atoms with E-state index in [0.717, 1.165) is 5.56 Å². The predicted molar refractivity (Wildman–Crippen MR) is 78.1 cm³/mol. The molecular weight excluding hydrogens is 306 g/mol. The Balaban J connectivity index is 1.66. The molecule has 7 heteroatoms. The molecule has 0 amide bonds. The molecule has 1 aromatic carbocycles. The summed E-state index contributed by atoms with van der Waals surface area (Å²) in [6, 6.07) is 12.0. The summed E-state index contributed by atoms with van der Waals surface area (Å²) in [6.07, 6.45) is 1.51. The second-order valence-electron chi connectivity index (χ2n) is 4.31. The van der Waals surface area contributed by atoms with E-state index in [1.807, 2.05) is 0 Å². The Morgan fingerprint density at radius 1 is 1.23 bits per heavy atom. The molecule has 0 aliphatic carbocycles. The number of halogens is 1. The predicted octanol–water partition coefficient (Wildman–Crippen LogP) is 3.14. The third-order valence-corrected chi connectivity index (χ3v) is 2.99. The van der Waals surface area contributed by atoms with Gasteiger partial charge in [0.2, 0.25) is 5.82 Å². The van der Waals surface area contributed by atoms with Gasteiger partial charge < -0.3 is 9.26 Å². The van der Waals surface area contributed by atoms with E-state index in [4.69, 9.17) is 20.9 Å². The zero-order valence-electron chi connectivity index (χ0n) is 11.3. The minimum Gasteiger partial charge on any atom is -0.451 e. The third-order valence-electron chi connectivity index (χ3n) is 2.75. The molecule has 3 aromatic rings. The van der Waals surface area contributed by atoms with Gasteiger partial charge in [-0.1, -0.05) is 35.0 Å². The van der Waals surface area contributed by atoms with Crippen molar-refractivity contribution in [2.75, 3.05) is 0 Å². The average molecular weight is 316 g/mol. The maximum atomic E-state index is 11.7. The number of hydrogen-bond acceptors (Lipinski definition) is 6. The van der Waals surface area contributed by atoms with Gasteiger partial charge in [0.15, 0.2) is 6.61 Å². The third kappa shape index (κ3) is 3.29. The topological polar surface area (TPSA) is 78.1 Å². The number of benzene rings is 1. The van der Waals surface area contributed by atoms with E-state index in [1.165, 1.54) is 6.20 Å². The molecule has 0 unspecified atom stereocenters. The van der Waals surface area contributed by atoms with Gasteiger partial charge in [-0.25, -0.2) is 9.78 Å². The highest BCUT2D eigenvalue weighted by Crippen LogP contribution is 2.20. The highest BCUT2D eigenvalue weighted by Gasteiger charge is 2.13. The molecule has 2 aromatic heterocycles. The molecule has 0 bridgehead atoms. The van der Waals surface area contributed by atoms with E-state index in [0.29, 0.717) is 10.8 Å². The van der Waals surface area contributed by atoms with Crippen molar-refractivity contribution in [1.82, 2.24) is 15.1 Å². The van der Waals surface area contributed by atoms with Crippen LogP contribution in [-0.4, -0.2) is 21.1 Å². The molecule has 0 atom stereocenters. The second kappa shape index (κ2) is 6.36. The van der Waals surface area contributed by atoms with Crippen molar-refractivity contribution in [1.29, 1.82) is 0 Å². The standard InChI is InChI=1S/C15H10ClN3O3/c16-11-5-3-4-10(8-11)14-18-13(22-19-14)9-21-15(20)12-6-1-2-7-17-12/h1-8H,9H2. The van der Waals surface area contributed by atoms with Gasteiger partial charge in [0.25, 0.3) is 5.89 Å². The number of rotatable bonds is 4. The Morgan fingerprint density at radius 3 is 2.91 bits per heavy atom. The van der Waals surface area contributed by atoms with Gasteiger partial charge in [0.05, 0.1) is 0 Å². The van der Waals surface area contributed by atoms with Gasteiger partial charge in [-0.05, 0) is 24.3 Å². The van der Waals surface area contributed by atoms with Crippen LogP contribution in [-0.2, 0) is 11.3 Å². The van der Waals surface area contributed by atoms with Crippen LogP contribution in [0.15, 0.2) is 53.2 Å². The van der Waals surface area contributed by atoms with Gasteiger partial charge in [0.1, 0.15) is 5.69 Å². The molecule has 3 rings (SSSR count). The number of aromatic nitrogens is 3. The lowest BCUT2D eigenvalue weighted by atomic mass is 10.2. The smallest absolute Gasteiger partial charge is 0.357 e. The molecule has 0 aliphatic heterocycles. The summed E-state index contributed by atoms with van der Waals surface area (Å²) in [4.78, 5) is 19.8. The van der Waals surface area contributed by atoms with Crippen molar-refractivity contribution in [2.24, 2.45) is 0 Å². The summed E-state index contributed by atoms with van der Waals surface area (Å²) in [5.74, 6) is 0.0220. The Morgan fingerprint density at radius 2 is 2.14 bits per heavy atom. The molecule has 0 spiro atoms. The highest BCUT2D eigenvalue weighted by molar-refractivity contribution is 6.30. The van der Waals surface area contributed by atoms with Gasteiger partial charge in [0, 0.05) is 16.8 Å². The highest BCUT2D eigenvalue weighted by atomic mass is 35.5. The molecule has 22 heavy (non-hydrogen) atoms. The fourth-order valence-electron chi connectivity index (χ4n) is 1.74. The van der Waals surface area contributed by atoms with E-state index in [9.17, 15) is 4.79 Å². The summed E-state index contributed by atoms with van der Waals surface area (Å²) < 4.78 is 10.1. The molecule has 2 heterocycles. The SMILES string of the molecule is O=C(OCc1nc(-c2cccc(Cl)c2)no1)c1ccccn1. The van der Waals surface area contributed by atoms with Crippen LogP contribution < -0.4 is 0 Å². The lowest BCUT2D eigenvalue weighted by Gasteiger charge is -1.99. The zero-order chi connectivity index (χ0) is 15.4. The number of pyridine rings is 1. The normalized spacial score (nSPS) is 10.4. The number of esters is 1.